The first kappa shape index (κ1) is 14.9. The Labute approximate surface area is 125 Å². The van der Waals surface area contributed by atoms with E-state index in [1.807, 2.05) is 18.2 Å². The molecule has 4 heteroatoms. The Balaban J connectivity index is 1.67. The first-order chi connectivity index (χ1) is 10.2. The van der Waals surface area contributed by atoms with E-state index in [4.69, 9.17) is 0 Å². The molecule has 2 fully saturated rings. The molecule has 1 aliphatic heterocycles. The van der Waals surface area contributed by atoms with Crippen molar-refractivity contribution in [1.82, 2.24) is 10.2 Å². The summed E-state index contributed by atoms with van der Waals surface area (Å²) in [6, 6.07) is 10.6. The van der Waals surface area contributed by atoms with E-state index in [-0.39, 0.29) is 18.1 Å². The summed E-state index contributed by atoms with van der Waals surface area (Å²) in [7, 11) is 0. The number of hydrogen-bond donors (Lipinski definition) is 1. The standard InChI is InChI=1S/C17H24F2N2/c18-16(19)12-21-11-15(10-14-6-2-1-3-7-14)20-13-17(21)8-4-5-9-17/h1-3,6-7,15-16,20H,4-5,8-13H2. The van der Waals surface area contributed by atoms with Crippen molar-refractivity contribution in [2.45, 2.75) is 50.1 Å². The Hall–Kier alpha value is -1.00. The summed E-state index contributed by atoms with van der Waals surface area (Å²) >= 11 is 0. The highest BCUT2D eigenvalue weighted by Gasteiger charge is 2.44. The lowest BCUT2D eigenvalue weighted by molar-refractivity contribution is -0.00732. The normalized spacial score (nSPS) is 25.8. The molecule has 1 heterocycles. The van der Waals surface area contributed by atoms with Crippen molar-refractivity contribution < 1.29 is 8.78 Å². The van der Waals surface area contributed by atoms with Gasteiger partial charge in [-0.1, -0.05) is 43.2 Å². The number of halogens is 2. The van der Waals surface area contributed by atoms with Gasteiger partial charge in [0.05, 0.1) is 6.54 Å². The largest absolute Gasteiger partial charge is 0.311 e. The van der Waals surface area contributed by atoms with Crippen LogP contribution in [0, 0.1) is 0 Å². The predicted molar refractivity (Wildman–Crippen MR) is 80.7 cm³/mol. The van der Waals surface area contributed by atoms with Gasteiger partial charge in [-0.05, 0) is 24.8 Å². The van der Waals surface area contributed by atoms with Gasteiger partial charge in [-0.3, -0.25) is 4.90 Å². The maximum Gasteiger partial charge on any atom is 0.251 e. The predicted octanol–water partition coefficient (Wildman–Crippen LogP) is 3.08. The van der Waals surface area contributed by atoms with Crippen LogP contribution in [0.5, 0.6) is 0 Å². The number of piperazine rings is 1. The molecule has 0 radical (unpaired) electrons. The number of rotatable bonds is 4. The van der Waals surface area contributed by atoms with Crippen LogP contribution in [0.15, 0.2) is 30.3 Å². The smallest absolute Gasteiger partial charge is 0.251 e. The average molecular weight is 294 g/mol. The van der Waals surface area contributed by atoms with Gasteiger partial charge < -0.3 is 5.32 Å². The van der Waals surface area contributed by atoms with E-state index in [0.29, 0.717) is 0 Å². The zero-order valence-electron chi connectivity index (χ0n) is 12.4. The molecule has 1 N–H and O–H groups in total. The van der Waals surface area contributed by atoms with E-state index in [9.17, 15) is 8.78 Å². The molecule has 1 aliphatic carbocycles. The Kier molecular flexibility index (Phi) is 4.55. The Morgan fingerprint density at radius 3 is 2.57 bits per heavy atom. The summed E-state index contributed by atoms with van der Waals surface area (Å²) < 4.78 is 25.9. The fourth-order valence-electron chi connectivity index (χ4n) is 3.97. The molecule has 1 unspecified atom stereocenters. The second kappa shape index (κ2) is 6.41. The van der Waals surface area contributed by atoms with Crippen LogP contribution in [0.3, 0.4) is 0 Å². The number of nitrogens with one attached hydrogen (secondary N) is 1. The van der Waals surface area contributed by atoms with Crippen LogP contribution in [-0.2, 0) is 6.42 Å². The summed E-state index contributed by atoms with van der Waals surface area (Å²) in [5.74, 6) is 0. The molecule has 1 saturated heterocycles. The van der Waals surface area contributed by atoms with E-state index in [2.05, 4.69) is 22.3 Å². The lowest BCUT2D eigenvalue weighted by Crippen LogP contribution is -2.64. The van der Waals surface area contributed by atoms with Gasteiger partial charge in [0.15, 0.2) is 0 Å². The maximum atomic E-state index is 12.9. The minimum absolute atomic E-state index is 0.0103. The van der Waals surface area contributed by atoms with Crippen molar-refractivity contribution in [3.63, 3.8) is 0 Å². The van der Waals surface area contributed by atoms with E-state index < -0.39 is 6.43 Å². The molecule has 3 rings (SSSR count). The van der Waals surface area contributed by atoms with Crippen molar-refractivity contribution in [2.75, 3.05) is 19.6 Å². The van der Waals surface area contributed by atoms with E-state index >= 15 is 0 Å². The second-order valence-corrected chi connectivity index (χ2v) is 6.50. The van der Waals surface area contributed by atoms with Crippen LogP contribution >= 0.6 is 0 Å². The van der Waals surface area contributed by atoms with Crippen LogP contribution in [0.4, 0.5) is 8.78 Å². The highest BCUT2D eigenvalue weighted by molar-refractivity contribution is 5.17. The summed E-state index contributed by atoms with van der Waals surface area (Å²) in [6.07, 6.45) is 3.14. The van der Waals surface area contributed by atoms with Crippen LogP contribution in [0.25, 0.3) is 0 Å². The minimum Gasteiger partial charge on any atom is -0.311 e. The Bertz CT molecular complexity index is 443. The summed E-state index contributed by atoms with van der Waals surface area (Å²) in [5.41, 5.74) is 1.26. The van der Waals surface area contributed by atoms with Crippen LogP contribution in [-0.4, -0.2) is 42.5 Å². The Morgan fingerprint density at radius 2 is 1.90 bits per heavy atom. The first-order valence-electron chi connectivity index (χ1n) is 7.98. The van der Waals surface area contributed by atoms with Crippen LogP contribution in [0.2, 0.25) is 0 Å². The molecule has 116 valence electrons. The number of hydrogen-bond acceptors (Lipinski definition) is 2. The third-order valence-electron chi connectivity index (χ3n) is 5.05. The first-order valence-corrected chi connectivity index (χ1v) is 7.98. The fraction of sp³-hybridized carbons (Fsp3) is 0.647. The van der Waals surface area contributed by atoms with Gasteiger partial charge in [0, 0.05) is 24.7 Å². The lowest BCUT2D eigenvalue weighted by atomic mass is 9.89. The van der Waals surface area contributed by atoms with Crippen molar-refractivity contribution in [3.8, 4) is 0 Å². The zero-order valence-corrected chi connectivity index (χ0v) is 12.4. The number of benzene rings is 1. The highest BCUT2D eigenvalue weighted by Crippen LogP contribution is 2.37. The second-order valence-electron chi connectivity index (χ2n) is 6.50. The minimum atomic E-state index is -2.24. The summed E-state index contributed by atoms with van der Waals surface area (Å²) in [6.45, 7) is 1.52. The molecule has 2 aliphatic rings. The van der Waals surface area contributed by atoms with Crippen LogP contribution in [0.1, 0.15) is 31.2 Å². The van der Waals surface area contributed by atoms with Crippen LogP contribution < -0.4 is 5.32 Å². The topological polar surface area (TPSA) is 15.3 Å². The lowest BCUT2D eigenvalue weighted by Gasteiger charge is -2.48. The SMILES string of the molecule is FC(F)CN1CC(Cc2ccccc2)NCC12CCCC2. The fourth-order valence-corrected chi connectivity index (χ4v) is 3.97. The monoisotopic (exact) mass is 294 g/mol. The van der Waals surface area contributed by atoms with Crippen molar-refractivity contribution >= 4 is 0 Å². The van der Waals surface area contributed by atoms with E-state index in [1.54, 1.807) is 0 Å². The number of alkyl halides is 2. The molecule has 1 spiro atoms. The molecular weight excluding hydrogens is 270 g/mol. The molecule has 1 saturated carbocycles. The highest BCUT2D eigenvalue weighted by atomic mass is 19.3. The van der Waals surface area contributed by atoms with Gasteiger partial charge in [-0.2, -0.15) is 0 Å². The van der Waals surface area contributed by atoms with Gasteiger partial charge in [0.1, 0.15) is 0 Å². The van der Waals surface area contributed by atoms with Crippen molar-refractivity contribution in [2.24, 2.45) is 0 Å². The zero-order chi connectivity index (χ0) is 14.7. The van der Waals surface area contributed by atoms with Crippen molar-refractivity contribution in [3.05, 3.63) is 35.9 Å². The van der Waals surface area contributed by atoms with Gasteiger partial charge >= 0.3 is 0 Å². The average Bonchev–Trinajstić information content (AvgIpc) is 2.93. The van der Waals surface area contributed by atoms with E-state index in [0.717, 1.165) is 32.4 Å². The molecule has 1 aromatic carbocycles. The third-order valence-corrected chi connectivity index (χ3v) is 5.05. The molecule has 0 aromatic heterocycles. The van der Waals surface area contributed by atoms with E-state index in [1.165, 1.54) is 18.4 Å². The number of nitrogens with zero attached hydrogens (tertiary/aromatic N) is 1. The Morgan fingerprint density at radius 1 is 1.19 bits per heavy atom. The molecule has 0 amide bonds. The molecule has 21 heavy (non-hydrogen) atoms. The molecule has 1 atom stereocenters. The molecular formula is C17H24F2N2. The van der Waals surface area contributed by atoms with Gasteiger partial charge in [-0.15, -0.1) is 0 Å². The summed E-state index contributed by atoms with van der Waals surface area (Å²) in [4.78, 5) is 2.08. The van der Waals surface area contributed by atoms with Gasteiger partial charge in [0.2, 0.25) is 0 Å². The maximum absolute atomic E-state index is 12.9. The third kappa shape index (κ3) is 3.43. The van der Waals surface area contributed by atoms with Crippen molar-refractivity contribution in [1.29, 1.82) is 0 Å². The molecule has 2 nitrogen and oxygen atoms in total. The van der Waals surface area contributed by atoms with Gasteiger partial charge in [-0.25, -0.2) is 8.78 Å². The van der Waals surface area contributed by atoms with Gasteiger partial charge in [0.25, 0.3) is 6.43 Å². The molecule has 1 aromatic rings. The molecule has 0 bridgehead atoms. The summed E-state index contributed by atoms with van der Waals surface area (Å²) in [5, 5.41) is 3.62. The quantitative estimate of drug-likeness (QED) is 0.918.